The third-order valence-corrected chi connectivity index (χ3v) is 4.25. The van der Waals surface area contributed by atoms with Gasteiger partial charge in [-0.3, -0.25) is 4.79 Å². The van der Waals surface area contributed by atoms with Gasteiger partial charge in [0.2, 0.25) is 5.89 Å². The molecule has 0 unspecified atom stereocenters. The van der Waals surface area contributed by atoms with Crippen molar-refractivity contribution in [2.45, 2.75) is 26.0 Å². The second-order valence-electron chi connectivity index (χ2n) is 6.26. The minimum Gasteiger partial charge on any atom is -0.479 e. The van der Waals surface area contributed by atoms with Crippen LogP contribution in [0.15, 0.2) is 59.1 Å². The molecule has 26 heavy (non-hydrogen) atoms. The molecule has 1 aliphatic rings. The number of anilines is 2. The monoisotopic (exact) mass is 349 g/mol. The maximum Gasteiger partial charge on any atom is 0.265 e. The second kappa shape index (κ2) is 6.55. The van der Waals surface area contributed by atoms with Crippen LogP contribution in [-0.2, 0) is 4.79 Å². The van der Waals surface area contributed by atoms with E-state index in [1.165, 1.54) is 0 Å². The number of ether oxygens (including phenoxy) is 1. The molecule has 1 aromatic heterocycles. The molecular formula is C20H19N3O3. The lowest BCUT2D eigenvalue weighted by Gasteiger charge is -2.24. The van der Waals surface area contributed by atoms with Gasteiger partial charge in [0.1, 0.15) is 11.8 Å². The SMILES string of the molecule is C[C@@H]1Oc2ccc(N[C@H](C)c3ncc(-c4ccccc4)o3)cc2NC1=O. The average molecular weight is 349 g/mol. The Balaban J connectivity index is 1.50. The smallest absolute Gasteiger partial charge is 0.265 e. The number of aromatic nitrogens is 1. The molecule has 0 fully saturated rings. The van der Waals surface area contributed by atoms with E-state index in [0.717, 1.165) is 17.0 Å². The fraction of sp³-hybridized carbons (Fsp3) is 0.200. The van der Waals surface area contributed by atoms with E-state index in [2.05, 4.69) is 15.6 Å². The van der Waals surface area contributed by atoms with Crippen LogP contribution in [0.25, 0.3) is 11.3 Å². The molecule has 0 radical (unpaired) electrons. The Hall–Kier alpha value is -3.28. The molecule has 1 aliphatic heterocycles. The van der Waals surface area contributed by atoms with Gasteiger partial charge in [-0.2, -0.15) is 0 Å². The fourth-order valence-electron chi connectivity index (χ4n) is 2.83. The minimum atomic E-state index is -0.482. The van der Waals surface area contributed by atoms with E-state index in [-0.39, 0.29) is 11.9 Å². The summed E-state index contributed by atoms with van der Waals surface area (Å²) < 4.78 is 11.4. The number of nitrogens with zero attached hydrogens (tertiary/aromatic N) is 1. The van der Waals surface area contributed by atoms with Crippen LogP contribution in [0.2, 0.25) is 0 Å². The second-order valence-corrected chi connectivity index (χ2v) is 6.26. The molecule has 0 spiro atoms. The van der Waals surface area contributed by atoms with Gasteiger partial charge in [0.15, 0.2) is 11.9 Å². The number of rotatable bonds is 4. The third kappa shape index (κ3) is 3.13. The van der Waals surface area contributed by atoms with Crippen LogP contribution < -0.4 is 15.4 Å². The molecule has 2 N–H and O–H groups in total. The van der Waals surface area contributed by atoms with Gasteiger partial charge in [0, 0.05) is 11.3 Å². The quantitative estimate of drug-likeness (QED) is 0.737. The molecule has 132 valence electrons. The Morgan fingerprint density at radius 2 is 2.00 bits per heavy atom. The zero-order valence-corrected chi connectivity index (χ0v) is 14.5. The number of carbonyl (C=O) groups excluding carboxylic acids is 1. The van der Waals surface area contributed by atoms with E-state index >= 15 is 0 Å². The number of amides is 1. The Labute approximate surface area is 151 Å². The van der Waals surface area contributed by atoms with Crippen molar-refractivity contribution in [3.8, 4) is 17.1 Å². The summed E-state index contributed by atoms with van der Waals surface area (Å²) in [6.07, 6.45) is 1.24. The van der Waals surface area contributed by atoms with Crippen molar-refractivity contribution in [3.63, 3.8) is 0 Å². The first-order valence-corrected chi connectivity index (χ1v) is 8.49. The molecule has 0 saturated carbocycles. The van der Waals surface area contributed by atoms with Crippen LogP contribution in [0.4, 0.5) is 11.4 Å². The Morgan fingerprint density at radius 3 is 2.81 bits per heavy atom. The van der Waals surface area contributed by atoms with Crippen molar-refractivity contribution >= 4 is 17.3 Å². The molecule has 2 heterocycles. The van der Waals surface area contributed by atoms with Crippen molar-refractivity contribution in [3.05, 3.63) is 60.6 Å². The largest absolute Gasteiger partial charge is 0.479 e. The topological polar surface area (TPSA) is 76.4 Å². The third-order valence-electron chi connectivity index (χ3n) is 4.25. The molecule has 3 aromatic rings. The normalized spacial score (nSPS) is 17.0. The number of carbonyl (C=O) groups is 1. The predicted molar refractivity (Wildman–Crippen MR) is 99.1 cm³/mol. The van der Waals surface area contributed by atoms with Crippen molar-refractivity contribution in [1.29, 1.82) is 0 Å². The van der Waals surface area contributed by atoms with Crippen molar-refractivity contribution < 1.29 is 13.9 Å². The molecule has 0 saturated heterocycles. The summed E-state index contributed by atoms with van der Waals surface area (Å²) in [4.78, 5) is 16.1. The van der Waals surface area contributed by atoms with Gasteiger partial charge in [-0.05, 0) is 32.0 Å². The summed E-state index contributed by atoms with van der Waals surface area (Å²) in [5, 5.41) is 6.18. The molecule has 0 bridgehead atoms. The molecule has 2 aromatic carbocycles. The lowest BCUT2D eigenvalue weighted by atomic mass is 10.2. The van der Waals surface area contributed by atoms with Crippen LogP contribution in [0.1, 0.15) is 25.8 Å². The van der Waals surface area contributed by atoms with E-state index in [0.29, 0.717) is 17.3 Å². The van der Waals surface area contributed by atoms with Crippen molar-refractivity contribution in [2.24, 2.45) is 0 Å². The van der Waals surface area contributed by atoms with Gasteiger partial charge in [-0.15, -0.1) is 0 Å². The zero-order chi connectivity index (χ0) is 18.1. The summed E-state index contributed by atoms with van der Waals surface area (Å²) in [7, 11) is 0. The van der Waals surface area contributed by atoms with Gasteiger partial charge in [-0.1, -0.05) is 30.3 Å². The predicted octanol–water partition coefficient (Wildman–Crippen LogP) is 4.23. The van der Waals surface area contributed by atoms with Crippen LogP contribution in [-0.4, -0.2) is 17.0 Å². The van der Waals surface area contributed by atoms with Crippen molar-refractivity contribution in [1.82, 2.24) is 4.98 Å². The minimum absolute atomic E-state index is 0.135. The van der Waals surface area contributed by atoms with Gasteiger partial charge in [0.05, 0.1) is 11.9 Å². The summed E-state index contributed by atoms with van der Waals surface area (Å²) in [5.74, 6) is 1.84. The lowest BCUT2D eigenvalue weighted by Crippen LogP contribution is -2.34. The summed E-state index contributed by atoms with van der Waals surface area (Å²) in [5.41, 5.74) is 2.48. The first-order valence-electron chi connectivity index (χ1n) is 8.49. The summed E-state index contributed by atoms with van der Waals surface area (Å²) >= 11 is 0. The Bertz CT molecular complexity index is 936. The summed E-state index contributed by atoms with van der Waals surface area (Å²) in [6, 6.07) is 15.3. The molecule has 1 amide bonds. The van der Waals surface area contributed by atoms with Gasteiger partial charge in [0.25, 0.3) is 5.91 Å². The van der Waals surface area contributed by atoms with E-state index in [1.807, 2.05) is 55.5 Å². The molecule has 0 aliphatic carbocycles. The number of hydrogen-bond donors (Lipinski definition) is 2. The lowest BCUT2D eigenvalue weighted by molar-refractivity contribution is -0.122. The number of hydrogen-bond acceptors (Lipinski definition) is 5. The van der Waals surface area contributed by atoms with E-state index in [4.69, 9.17) is 9.15 Å². The van der Waals surface area contributed by atoms with Gasteiger partial charge >= 0.3 is 0 Å². The van der Waals surface area contributed by atoms with E-state index < -0.39 is 6.10 Å². The van der Waals surface area contributed by atoms with E-state index in [9.17, 15) is 4.79 Å². The standard InChI is InChI=1S/C20H19N3O3/c1-12(20-21-11-18(26-20)14-6-4-3-5-7-14)22-15-8-9-17-16(10-15)23-19(24)13(2)25-17/h3-13,22H,1-2H3,(H,23,24)/t12-,13+/m1/s1. The summed E-state index contributed by atoms with van der Waals surface area (Å²) in [6.45, 7) is 3.69. The maximum atomic E-state index is 11.8. The highest BCUT2D eigenvalue weighted by molar-refractivity contribution is 5.98. The zero-order valence-electron chi connectivity index (χ0n) is 14.5. The van der Waals surface area contributed by atoms with Crippen LogP contribution in [0.5, 0.6) is 5.75 Å². The van der Waals surface area contributed by atoms with Crippen molar-refractivity contribution in [2.75, 3.05) is 10.6 Å². The number of benzene rings is 2. The van der Waals surface area contributed by atoms with Crippen LogP contribution in [0, 0.1) is 0 Å². The van der Waals surface area contributed by atoms with Gasteiger partial charge < -0.3 is 19.8 Å². The first kappa shape index (κ1) is 16.2. The average Bonchev–Trinajstić information content (AvgIpc) is 3.14. The Kier molecular flexibility index (Phi) is 4.08. The molecule has 6 heteroatoms. The molecular weight excluding hydrogens is 330 g/mol. The highest BCUT2D eigenvalue weighted by Gasteiger charge is 2.24. The number of nitrogens with one attached hydrogen (secondary N) is 2. The van der Waals surface area contributed by atoms with E-state index in [1.54, 1.807) is 13.1 Å². The van der Waals surface area contributed by atoms with Crippen LogP contribution >= 0.6 is 0 Å². The van der Waals surface area contributed by atoms with Gasteiger partial charge in [-0.25, -0.2) is 4.98 Å². The number of oxazole rings is 1. The molecule has 4 rings (SSSR count). The molecule has 2 atom stereocenters. The molecule has 6 nitrogen and oxygen atoms in total. The highest BCUT2D eigenvalue weighted by Crippen LogP contribution is 2.33. The number of fused-ring (bicyclic) bond motifs is 1. The first-order chi connectivity index (χ1) is 12.6. The maximum absolute atomic E-state index is 11.8. The Morgan fingerprint density at radius 1 is 1.19 bits per heavy atom. The highest BCUT2D eigenvalue weighted by atomic mass is 16.5. The van der Waals surface area contributed by atoms with Crippen LogP contribution in [0.3, 0.4) is 0 Å². The fourth-order valence-corrected chi connectivity index (χ4v) is 2.83.